The second kappa shape index (κ2) is 11.2. The highest BCUT2D eigenvalue weighted by Gasteiger charge is 2.30. The van der Waals surface area contributed by atoms with Gasteiger partial charge in [0.1, 0.15) is 0 Å². The second-order valence-corrected chi connectivity index (χ2v) is 8.18. The topological polar surface area (TPSA) is 55.9 Å². The number of hydrogen-bond acceptors (Lipinski definition) is 3. The van der Waals surface area contributed by atoms with Crippen LogP contribution < -0.4 is 5.32 Å². The van der Waals surface area contributed by atoms with Crippen molar-refractivity contribution in [1.82, 2.24) is 20.0 Å². The zero-order chi connectivity index (χ0) is 23.8. The van der Waals surface area contributed by atoms with E-state index < -0.39 is 11.7 Å². The average Bonchev–Trinajstić information content (AvgIpc) is 2.80. The van der Waals surface area contributed by atoms with E-state index in [9.17, 15) is 22.8 Å². The average molecular weight is 463 g/mol. The quantitative estimate of drug-likeness (QED) is 0.685. The molecule has 3 rings (SSSR count). The molecule has 6 nitrogen and oxygen atoms in total. The molecule has 0 atom stereocenters. The Balaban J connectivity index is 1.35. The molecule has 178 valence electrons. The smallest absolute Gasteiger partial charge is 0.340 e. The summed E-state index contributed by atoms with van der Waals surface area (Å²) < 4.78 is 38.1. The Morgan fingerprint density at radius 2 is 1.58 bits per heavy atom. The van der Waals surface area contributed by atoms with E-state index in [0.717, 1.165) is 23.3 Å². The Hall–Kier alpha value is -3.07. The Morgan fingerprint density at radius 3 is 2.18 bits per heavy atom. The van der Waals surface area contributed by atoms with Gasteiger partial charge in [0.05, 0.1) is 5.56 Å². The van der Waals surface area contributed by atoms with E-state index in [-0.39, 0.29) is 24.9 Å². The summed E-state index contributed by atoms with van der Waals surface area (Å²) in [6, 6.07) is 14.6. The lowest BCUT2D eigenvalue weighted by Crippen LogP contribution is -2.49. The third-order valence-corrected chi connectivity index (χ3v) is 5.64. The highest BCUT2D eigenvalue weighted by molar-refractivity contribution is 5.78. The van der Waals surface area contributed by atoms with Gasteiger partial charge in [-0.05, 0) is 23.3 Å². The molecule has 1 aliphatic rings. The van der Waals surface area contributed by atoms with E-state index >= 15 is 0 Å². The minimum absolute atomic E-state index is 0.0183. The van der Waals surface area contributed by atoms with Gasteiger partial charge in [-0.25, -0.2) is 4.79 Å². The fraction of sp³-hybridized carbons (Fsp3) is 0.417. The van der Waals surface area contributed by atoms with Crippen molar-refractivity contribution in [2.45, 2.75) is 25.7 Å². The summed E-state index contributed by atoms with van der Waals surface area (Å²) >= 11 is 0. The molecule has 0 saturated carbocycles. The van der Waals surface area contributed by atoms with Crippen LogP contribution in [0.25, 0.3) is 0 Å². The van der Waals surface area contributed by atoms with Crippen LogP contribution in [0.5, 0.6) is 0 Å². The third kappa shape index (κ3) is 7.49. The van der Waals surface area contributed by atoms with Crippen LogP contribution in [0, 0.1) is 0 Å². The highest BCUT2D eigenvalue weighted by atomic mass is 19.4. The van der Waals surface area contributed by atoms with Crippen molar-refractivity contribution in [1.29, 1.82) is 0 Å². The van der Waals surface area contributed by atoms with Gasteiger partial charge in [-0.2, -0.15) is 13.2 Å². The molecule has 2 aromatic carbocycles. The first-order valence-electron chi connectivity index (χ1n) is 10.9. The van der Waals surface area contributed by atoms with E-state index in [1.807, 2.05) is 30.3 Å². The summed E-state index contributed by atoms with van der Waals surface area (Å²) in [4.78, 5) is 30.1. The largest absolute Gasteiger partial charge is 0.416 e. The molecule has 1 aliphatic heterocycles. The predicted octanol–water partition coefficient (Wildman–Crippen LogP) is 3.58. The number of amides is 3. The van der Waals surface area contributed by atoms with Crippen molar-refractivity contribution >= 4 is 11.9 Å². The van der Waals surface area contributed by atoms with Crippen molar-refractivity contribution < 1.29 is 22.8 Å². The molecule has 0 bridgehead atoms. The SMILES string of the molecule is CN(Cc1ccccc1)C(=O)NCCC(=O)N1CCN(Cc2ccc(C(F)(F)F)cc2)CC1. The molecule has 1 saturated heterocycles. The minimum atomic E-state index is -4.33. The number of halogens is 3. The van der Waals surface area contributed by atoms with Crippen molar-refractivity contribution in [3.63, 3.8) is 0 Å². The van der Waals surface area contributed by atoms with Crippen molar-refractivity contribution in [3.05, 3.63) is 71.3 Å². The monoisotopic (exact) mass is 462 g/mol. The summed E-state index contributed by atoms with van der Waals surface area (Å²) in [5.74, 6) is -0.0183. The Kier molecular flexibility index (Phi) is 8.32. The van der Waals surface area contributed by atoms with Crippen LogP contribution in [0.3, 0.4) is 0 Å². The van der Waals surface area contributed by atoms with E-state index in [2.05, 4.69) is 10.2 Å². The lowest BCUT2D eigenvalue weighted by Gasteiger charge is -2.35. The van der Waals surface area contributed by atoms with Gasteiger partial charge in [0.2, 0.25) is 5.91 Å². The number of hydrogen-bond donors (Lipinski definition) is 1. The predicted molar refractivity (Wildman–Crippen MR) is 119 cm³/mol. The Labute approximate surface area is 192 Å². The molecule has 2 aromatic rings. The first kappa shape index (κ1) is 24.6. The fourth-order valence-corrected chi connectivity index (χ4v) is 3.71. The molecule has 0 radical (unpaired) electrons. The molecule has 9 heteroatoms. The molecule has 1 heterocycles. The number of nitrogens with one attached hydrogen (secondary N) is 1. The molecule has 0 spiro atoms. The van der Waals surface area contributed by atoms with Gasteiger partial charge in [-0.1, -0.05) is 42.5 Å². The molecule has 1 N–H and O–H groups in total. The number of carbonyl (C=O) groups is 2. The first-order valence-corrected chi connectivity index (χ1v) is 10.9. The molecule has 33 heavy (non-hydrogen) atoms. The van der Waals surface area contributed by atoms with Gasteiger partial charge in [-0.3, -0.25) is 9.69 Å². The number of urea groups is 1. The third-order valence-electron chi connectivity index (χ3n) is 5.64. The van der Waals surface area contributed by atoms with Crippen LogP contribution in [-0.2, 0) is 24.1 Å². The maximum Gasteiger partial charge on any atom is 0.416 e. The van der Waals surface area contributed by atoms with E-state index in [1.54, 1.807) is 16.8 Å². The van der Waals surface area contributed by atoms with Crippen LogP contribution in [0.1, 0.15) is 23.1 Å². The summed E-state index contributed by atoms with van der Waals surface area (Å²) in [6.07, 6.45) is -4.11. The van der Waals surface area contributed by atoms with Gasteiger partial charge < -0.3 is 15.1 Å². The molecular weight excluding hydrogens is 433 g/mol. The summed E-state index contributed by atoms with van der Waals surface area (Å²) in [6.45, 7) is 3.72. The molecule has 3 amide bonds. The first-order chi connectivity index (χ1) is 15.7. The van der Waals surface area contributed by atoms with Gasteiger partial charge in [0.25, 0.3) is 0 Å². The molecular formula is C24H29F3N4O2. The Bertz CT molecular complexity index is 912. The number of carbonyl (C=O) groups excluding carboxylic acids is 2. The van der Waals surface area contributed by atoms with Gasteiger partial charge in [-0.15, -0.1) is 0 Å². The van der Waals surface area contributed by atoms with Crippen molar-refractivity contribution in [2.24, 2.45) is 0 Å². The standard InChI is InChI=1S/C24H29F3N4O2/c1-29(17-19-5-3-2-4-6-19)23(33)28-12-11-22(32)31-15-13-30(14-16-31)18-20-7-9-21(10-8-20)24(25,26)27/h2-10H,11-18H2,1H3,(H,28,33). The van der Waals surface area contributed by atoms with Crippen molar-refractivity contribution in [2.75, 3.05) is 39.8 Å². The maximum absolute atomic E-state index is 12.7. The zero-order valence-electron chi connectivity index (χ0n) is 18.6. The van der Waals surface area contributed by atoms with Crippen LogP contribution in [0.4, 0.5) is 18.0 Å². The summed E-state index contributed by atoms with van der Waals surface area (Å²) in [7, 11) is 1.71. The molecule has 1 fully saturated rings. The van der Waals surface area contributed by atoms with Gasteiger partial charge in [0.15, 0.2) is 0 Å². The van der Waals surface area contributed by atoms with E-state index in [1.165, 1.54) is 12.1 Å². The van der Waals surface area contributed by atoms with E-state index in [4.69, 9.17) is 0 Å². The Morgan fingerprint density at radius 1 is 0.939 bits per heavy atom. The summed E-state index contributed by atoms with van der Waals surface area (Å²) in [5, 5.41) is 2.78. The zero-order valence-corrected chi connectivity index (χ0v) is 18.6. The lowest BCUT2D eigenvalue weighted by atomic mass is 10.1. The number of benzene rings is 2. The van der Waals surface area contributed by atoms with Gasteiger partial charge >= 0.3 is 12.2 Å². The number of rotatable bonds is 7. The molecule has 0 unspecified atom stereocenters. The van der Waals surface area contributed by atoms with Crippen LogP contribution >= 0.6 is 0 Å². The number of alkyl halides is 3. The van der Waals surface area contributed by atoms with Crippen LogP contribution in [0.15, 0.2) is 54.6 Å². The minimum Gasteiger partial charge on any atom is -0.340 e. The van der Waals surface area contributed by atoms with E-state index in [0.29, 0.717) is 39.3 Å². The fourth-order valence-electron chi connectivity index (χ4n) is 3.71. The van der Waals surface area contributed by atoms with Crippen LogP contribution in [0.2, 0.25) is 0 Å². The molecule has 0 aromatic heterocycles. The van der Waals surface area contributed by atoms with Gasteiger partial charge in [0, 0.05) is 59.3 Å². The maximum atomic E-state index is 12.7. The molecule has 0 aliphatic carbocycles. The number of piperazine rings is 1. The second-order valence-electron chi connectivity index (χ2n) is 8.18. The van der Waals surface area contributed by atoms with Crippen LogP contribution in [-0.4, -0.2) is 66.4 Å². The highest BCUT2D eigenvalue weighted by Crippen LogP contribution is 2.29. The number of nitrogens with zero attached hydrogens (tertiary/aromatic N) is 3. The van der Waals surface area contributed by atoms with Crippen molar-refractivity contribution in [3.8, 4) is 0 Å². The lowest BCUT2D eigenvalue weighted by molar-refractivity contribution is -0.137. The summed E-state index contributed by atoms with van der Waals surface area (Å²) in [5.41, 5.74) is 1.19. The normalized spacial score (nSPS) is 14.7.